The molecule has 3 rings (SSSR count). The van der Waals surface area contributed by atoms with E-state index in [2.05, 4.69) is 5.32 Å². The van der Waals surface area contributed by atoms with Crippen molar-refractivity contribution in [3.63, 3.8) is 0 Å². The van der Waals surface area contributed by atoms with Crippen molar-refractivity contribution >= 4 is 40.3 Å². The van der Waals surface area contributed by atoms with Gasteiger partial charge in [-0.05, 0) is 42.3 Å². The number of thioether (sulfide) groups is 1. The number of carbonyl (C=O) groups excluding carboxylic acids is 1. The van der Waals surface area contributed by atoms with Gasteiger partial charge in [-0.1, -0.05) is 54.3 Å². The summed E-state index contributed by atoms with van der Waals surface area (Å²) >= 11 is 6.25. The van der Waals surface area contributed by atoms with Gasteiger partial charge in [0.2, 0.25) is 0 Å². The number of benzene rings is 2. The molecule has 0 radical (unpaired) electrons. The first-order valence-corrected chi connectivity index (χ1v) is 10.1. The first-order chi connectivity index (χ1) is 13.6. The molecule has 0 bridgehead atoms. The van der Waals surface area contributed by atoms with Crippen LogP contribution in [0, 0.1) is 6.92 Å². The van der Waals surface area contributed by atoms with Crippen LogP contribution in [0.2, 0.25) is 0 Å². The molecule has 0 aliphatic carbocycles. The zero-order valence-corrected chi connectivity index (χ0v) is 17.1. The first-order valence-electron chi connectivity index (χ1n) is 8.86. The van der Waals surface area contributed by atoms with Gasteiger partial charge in [0.05, 0.1) is 18.1 Å². The van der Waals surface area contributed by atoms with Gasteiger partial charge in [-0.25, -0.2) is 0 Å². The molecule has 1 N–H and O–H groups in total. The number of nitrogens with one attached hydrogen (secondary N) is 1. The Bertz CT molecular complexity index is 865. The van der Waals surface area contributed by atoms with E-state index < -0.39 is 0 Å². The van der Waals surface area contributed by atoms with Crippen LogP contribution in [0.4, 0.5) is 0 Å². The lowest BCUT2D eigenvalue weighted by molar-refractivity contribution is -0.115. The number of ether oxygens (including phenoxy) is 3. The quantitative estimate of drug-likeness (QED) is 0.380. The largest absolute Gasteiger partial charge is 0.491 e. The van der Waals surface area contributed by atoms with E-state index in [0.29, 0.717) is 35.7 Å². The lowest BCUT2D eigenvalue weighted by atomic mass is 10.2. The zero-order chi connectivity index (χ0) is 19.8. The molecule has 2 aromatic carbocycles. The van der Waals surface area contributed by atoms with Crippen molar-refractivity contribution in [3.05, 3.63) is 64.6 Å². The number of rotatable bonds is 9. The number of hydrogen-bond acceptors (Lipinski definition) is 6. The number of carbonyl (C=O) groups is 1. The molecule has 1 saturated heterocycles. The number of aryl methyl sites for hydroxylation is 1. The minimum Gasteiger partial charge on any atom is -0.491 e. The molecule has 5 nitrogen and oxygen atoms in total. The van der Waals surface area contributed by atoms with Crippen LogP contribution in [0.3, 0.4) is 0 Å². The van der Waals surface area contributed by atoms with Crippen LogP contribution in [0.15, 0.2) is 53.4 Å². The summed E-state index contributed by atoms with van der Waals surface area (Å²) in [6.45, 7) is 3.96. The maximum atomic E-state index is 11.7. The van der Waals surface area contributed by atoms with Crippen molar-refractivity contribution < 1.29 is 19.0 Å². The van der Waals surface area contributed by atoms with Crippen molar-refractivity contribution in [3.8, 4) is 11.5 Å². The monoisotopic (exact) mass is 415 g/mol. The van der Waals surface area contributed by atoms with Gasteiger partial charge in [-0.2, -0.15) is 0 Å². The third kappa shape index (κ3) is 6.09. The van der Waals surface area contributed by atoms with Gasteiger partial charge in [-0.15, -0.1) is 0 Å². The van der Waals surface area contributed by atoms with Crippen molar-refractivity contribution in [2.24, 2.45) is 0 Å². The van der Waals surface area contributed by atoms with E-state index in [4.69, 9.17) is 26.4 Å². The minimum absolute atomic E-state index is 0.154. The predicted octanol–water partition coefficient (Wildman–Crippen LogP) is 3.96. The second kappa shape index (κ2) is 10.3. The number of hydrogen-bond donors (Lipinski definition) is 1. The van der Waals surface area contributed by atoms with Gasteiger partial charge in [0.1, 0.15) is 29.0 Å². The third-order valence-corrected chi connectivity index (χ3v) is 5.06. The number of para-hydroxylation sites is 1. The molecule has 2 aromatic rings. The summed E-state index contributed by atoms with van der Waals surface area (Å²) < 4.78 is 17.4. The van der Waals surface area contributed by atoms with E-state index in [0.717, 1.165) is 22.6 Å². The van der Waals surface area contributed by atoms with E-state index >= 15 is 0 Å². The fraction of sp³-hybridized carbons (Fsp3) is 0.238. The Hall–Kier alpha value is -2.35. The highest BCUT2D eigenvalue weighted by Crippen LogP contribution is 2.26. The van der Waals surface area contributed by atoms with E-state index in [9.17, 15) is 4.79 Å². The van der Waals surface area contributed by atoms with Crippen LogP contribution in [0.1, 0.15) is 11.1 Å². The van der Waals surface area contributed by atoms with Crippen LogP contribution in [-0.4, -0.2) is 36.7 Å². The summed E-state index contributed by atoms with van der Waals surface area (Å²) in [5.74, 6) is 1.48. The van der Waals surface area contributed by atoms with Crippen molar-refractivity contribution in [1.82, 2.24) is 5.32 Å². The van der Waals surface area contributed by atoms with Gasteiger partial charge in [0.25, 0.3) is 5.91 Å². The van der Waals surface area contributed by atoms with Crippen LogP contribution in [0.25, 0.3) is 6.08 Å². The molecule has 1 fully saturated rings. The predicted molar refractivity (Wildman–Crippen MR) is 116 cm³/mol. The van der Waals surface area contributed by atoms with Crippen molar-refractivity contribution in [1.29, 1.82) is 0 Å². The maximum Gasteiger partial charge on any atom is 0.263 e. The summed E-state index contributed by atoms with van der Waals surface area (Å²) in [6, 6.07) is 15.4. The molecule has 0 saturated carbocycles. The number of thiocarbonyl (C=S) groups is 1. The lowest BCUT2D eigenvalue weighted by Gasteiger charge is -2.10. The average molecular weight is 416 g/mol. The Morgan fingerprint density at radius 2 is 1.71 bits per heavy atom. The molecule has 1 heterocycles. The highest BCUT2D eigenvalue weighted by atomic mass is 32.2. The summed E-state index contributed by atoms with van der Waals surface area (Å²) in [5.41, 5.74) is 2.03. The molecule has 0 spiro atoms. The van der Waals surface area contributed by atoms with Crippen molar-refractivity contribution in [2.45, 2.75) is 6.92 Å². The molecular weight excluding hydrogens is 394 g/mol. The Balaban J connectivity index is 1.33. The summed E-state index contributed by atoms with van der Waals surface area (Å²) in [7, 11) is 0. The summed E-state index contributed by atoms with van der Waals surface area (Å²) in [5, 5.41) is 2.60. The second-order valence-corrected chi connectivity index (χ2v) is 7.71. The Labute approximate surface area is 174 Å². The smallest absolute Gasteiger partial charge is 0.263 e. The first kappa shape index (κ1) is 20.4. The molecule has 0 unspecified atom stereocenters. The second-order valence-electron chi connectivity index (χ2n) is 6.00. The molecule has 28 heavy (non-hydrogen) atoms. The lowest BCUT2D eigenvalue weighted by Crippen LogP contribution is -2.17. The van der Waals surface area contributed by atoms with E-state index in [1.54, 1.807) is 6.08 Å². The van der Waals surface area contributed by atoms with Gasteiger partial charge in [0.15, 0.2) is 0 Å². The highest BCUT2D eigenvalue weighted by Gasteiger charge is 2.21. The van der Waals surface area contributed by atoms with Crippen LogP contribution in [-0.2, 0) is 9.53 Å². The molecule has 0 atom stereocenters. The minimum atomic E-state index is -0.154. The zero-order valence-electron chi connectivity index (χ0n) is 15.5. The standard InChI is InChI=1S/C21H21NO4S2/c1-15-4-2-3-5-18(15)26-13-11-24-10-12-25-17-8-6-16(7-9-17)14-19-20(23)22-21(27)28-19/h2-9,14H,10-13H2,1H3,(H,22,23,27)/b19-14+. The third-order valence-electron chi connectivity index (χ3n) is 3.90. The number of amides is 1. The van der Waals surface area contributed by atoms with Crippen molar-refractivity contribution in [2.75, 3.05) is 26.4 Å². The molecule has 1 aliphatic heterocycles. The van der Waals surface area contributed by atoms with Gasteiger partial charge >= 0.3 is 0 Å². The highest BCUT2D eigenvalue weighted by molar-refractivity contribution is 8.26. The summed E-state index contributed by atoms with van der Waals surface area (Å²) in [6.07, 6.45) is 1.81. The van der Waals surface area contributed by atoms with Crippen LogP contribution in [0.5, 0.6) is 11.5 Å². The SMILES string of the molecule is Cc1ccccc1OCCOCCOc1ccc(/C=C2/SC(=S)NC2=O)cc1. The molecule has 146 valence electrons. The van der Waals surface area contributed by atoms with E-state index in [-0.39, 0.29) is 5.91 Å². The topological polar surface area (TPSA) is 56.8 Å². The molecular formula is C21H21NO4S2. The summed E-state index contributed by atoms with van der Waals surface area (Å²) in [4.78, 5) is 12.3. The van der Waals surface area contributed by atoms with Crippen LogP contribution < -0.4 is 14.8 Å². The average Bonchev–Trinajstić information content (AvgIpc) is 3.00. The molecule has 1 amide bonds. The van der Waals surface area contributed by atoms with Gasteiger partial charge < -0.3 is 19.5 Å². The molecule has 7 heteroatoms. The Morgan fingerprint density at radius 1 is 1.00 bits per heavy atom. The fourth-order valence-corrected chi connectivity index (χ4v) is 3.53. The fourth-order valence-electron chi connectivity index (χ4n) is 2.48. The Kier molecular flexibility index (Phi) is 7.47. The van der Waals surface area contributed by atoms with E-state index in [1.807, 2.05) is 55.5 Å². The van der Waals surface area contributed by atoms with Gasteiger partial charge in [-0.3, -0.25) is 4.79 Å². The normalized spacial score (nSPS) is 15.0. The van der Waals surface area contributed by atoms with Crippen LogP contribution >= 0.6 is 24.0 Å². The maximum absolute atomic E-state index is 11.7. The molecule has 1 aliphatic rings. The van der Waals surface area contributed by atoms with E-state index in [1.165, 1.54) is 11.8 Å². The van der Waals surface area contributed by atoms with Gasteiger partial charge in [0, 0.05) is 0 Å². The molecule has 0 aromatic heterocycles. The Morgan fingerprint density at radius 3 is 2.39 bits per heavy atom.